The molecule has 0 spiro atoms. The van der Waals surface area contributed by atoms with Crippen molar-refractivity contribution < 1.29 is 14.7 Å². The van der Waals surface area contributed by atoms with Crippen LogP contribution < -0.4 is 5.32 Å². The zero-order chi connectivity index (χ0) is 13.7. The largest absolute Gasteiger partial charge is 0.481 e. The monoisotopic (exact) mass is 289 g/mol. The summed E-state index contributed by atoms with van der Waals surface area (Å²) in [7, 11) is 1.61. The SMILES string of the molecule is CNC(CCC(=O)O)C(=O)c1ccc(Cl)c(Cl)c1. The Balaban J connectivity index is 2.82. The van der Waals surface area contributed by atoms with Gasteiger partial charge >= 0.3 is 5.97 Å². The number of ketones is 1. The molecule has 1 rings (SSSR count). The van der Waals surface area contributed by atoms with Crippen molar-refractivity contribution in [1.82, 2.24) is 5.32 Å². The molecule has 0 fully saturated rings. The van der Waals surface area contributed by atoms with Gasteiger partial charge in [0.05, 0.1) is 16.1 Å². The van der Waals surface area contributed by atoms with E-state index in [1.807, 2.05) is 0 Å². The predicted octanol–water partition coefficient (Wildman–Crippen LogP) is 2.63. The second kappa shape index (κ2) is 6.73. The van der Waals surface area contributed by atoms with E-state index in [1.54, 1.807) is 19.2 Å². The van der Waals surface area contributed by atoms with Crippen molar-refractivity contribution in [3.63, 3.8) is 0 Å². The minimum atomic E-state index is -0.933. The fourth-order valence-corrected chi connectivity index (χ4v) is 1.82. The van der Waals surface area contributed by atoms with Crippen molar-refractivity contribution >= 4 is 35.0 Å². The van der Waals surface area contributed by atoms with E-state index in [4.69, 9.17) is 28.3 Å². The van der Waals surface area contributed by atoms with Crippen molar-refractivity contribution in [1.29, 1.82) is 0 Å². The molecule has 2 N–H and O–H groups in total. The van der Waals surface area contributed by atoms with Crippen LogP contribution in [0.15, 0.2) is 18.2 Å². The van der Waals surface area contributed by atoms with Crippen molar-refractivity contribution in [2.75, 3.05) is 7.05 Å². The molecule has 0 amide bonds. The Morgan fingerprint density at radius 2 is 2.00 bits per heavy atom. The Kier molecular flexibility index (Phi) is 5.59. The molecule has 0 saturated carbocycles. The lowest BCUT2D eigenvalue weighted by Crippen LogP contribution is -2.34. The summed E-state index contributed by atoms with van der Waals surface area (Å²) in [5.74, 6) is -1.13. The number of likely N-dealkylation sites (N-methyl/N-ethyl adjacent to an activating group) is 1. The van der Waals surface area contributed by atoms with Gasteiger partial charge in [0, 0.05) is 12.0 Å². The van der Waals surface area contributed by atoms with Gasteiger partial charge in [-0.3, -0.25) is 9.59 Å². The number of nitrogens with one attached hydrogen (secondary N) is 1. The first kappa shape index (κ1) is 15.0. The second-order valence-corrected chi connectivity index (χ2v) is 4.58. The molecular weight excluding hydrogens is 277 g/mol. The molecule has 1 aromatic rings. The third kappa shape index (κ3) is 3.98. The Labute approximate surface area is 115 Å². The number of carboxylic acid groups (broad SMARTS) is 1. The molecule has 0 aliphatic rings. The summed E-state index contributed by atoms with van der Waals surface area (Å²) in [4.78, 5) is 22.6. The second-order valence-electron chi connectivity index (χ2n) is 3.77. The fourth-order valence-electron chi connectivity index (χ4n) is 1.52. The highest BCUT2D eigenvalue weighted by Crippen LogP contribution is 2.23. The molecule has 4 nitrogen and oxygen atoms in total. The number of hydrogen-bond donors (Lipinski definition) is 2. The quantitative estimate of drug-likeness (QED) is 0.790. The van der Waals surface area contributed by atoms with Crippen LogP contribution in [0.2, 0.25) is 10.0 Å². The molecular formula is C12H13Cl2NO3. The van der Waals surface area contributed by atoms with Crippen LogP contribution in [0.5, 0.6) is 0 Å². The van der Waals surface area contributed by atoms with E-state index in [2.05, 4.69) is 5.32 Å². The fraction of sp³-hybridized carbons (Fsp3) is 0.333. The Morgan fingerprint density at radius 1 is 1.33 bits per heavy atom. The summed E-state index contributed by atoms with van der Waals surface area (Å²) in [6.45, 7) is 0. The molecule has 0 heterocycles. The lowest BCUT2D eigenvalue weighted by molar-refractivity contribution is -0.137. The first-order valence-electron chi connectivity index (χ1n) is 5.34. The summed E-state index contributed by atoms with van der Waals surface area (Å²) < 4.78 is 0. The van der Waals surface area contributed by atoms with E-state index in [0.29, 0.717) is 15.6 Å². The molecule has 0 aromatic heterocycles. The predicted molar refractivity (Wildman–Crippen MR) is 70.5 cm³/mol. The zero-order valence-electron chi connectivity index (χ0n) is 9.74. The molecule has 6 heteroatoms. The number of halogens is 2. The average Bonchev–Trinajstić information content (AvgIpc) is 2.32. The number of aliphatic carboxylic acids is 1. The lowest BCUT2D eigenvalue weighted by atomic mass is 10.0. The van der Waals surface area contributed by atoms with Crippen molar-refractivity contribution in [3.05, 3.63) is 33.8 Å². The first-order chi connectivity index (χ1) is 8.45. The summed E-state index contributed by atoms with van der Waals surface area (Å²) in [5, 5.41) is 12.1. The average molecular weight is 290 g/mol. The van der Waals surface area contributed by atoms with E-state index in [0.717, 1.165) is 0 Å². The van der Waals surface area contributed by atoms with Crippen LogP contribution >= 0.6 is 23.2 Å². The van der Waals surface area contributed by atoms with E-state index in [-0.39, 0.29) is 18.6 Å². The molecule has 1 atom stereocenters. The van der Waals surface area contributed by atoms with Crippen molar-refractivity contribution in [3.8, 4) is 0 Å². The van der Waals surface area contributed by atoms with Crippen LogP contribution in [0.4, 0.5) is 0 Å². The normalized spacial score (nSPS) is 12.2. The number of Topliss-reactive ketones (excluding diaryl/α,β-unsaturated/α-hetero) is 1. The highest BCUT2D eigenvalue weighted by Gasteiger charge is 2.19. The van der Waals surface area contributed by atoms with E-state index in [9.17, 15) is 9.59 Å². The van der Waals surface area contributed by atoms with Crippen molar-refractivity contribution in [2.45, 2.75) is 18.9 Å². The van der Waals surface area contributed by atoms with Gasteiger partial charge in [-0.25, -0.2) is 0 Å². The molecule has 0 radical (unpaired) electrons. The van der Waals surface area contributed by atoms with Crippen LogP contribution in [0.25, 0.3) is 0 Å². The van der Waals surface area contributed by atoms with Gasteiger partial charge in [-0.2, -0.15) is 0 Å². The van der Waals surface area contributed by atoms with Crippen LogP contribution in [0.1, 0.15) is 23.2 Å². The van der Waals surface area contributed by atoms with Gasteiger partial charge in [-0.05, 0) is 31.7 Å². The summed E-state index contributed by atoms with van der Waals surface area (Å²) >= 11 is 11.6. The molecule has 0 aliphatic heterocycles. The third-order valence-electron chi connectivity index (χ3n) is 2.52. The number of rotatable bonds is 6. The van der Waals surface area contributed by atoms with Gasteiger partial charge in [-0.1, -0.05) is 23.2 Å². The standard InChI is InChI=1S/C12H13Cl2NO3/c1-15-10(4-5-11(16)17)12(18)7-2-3-8(13)9(14)6-7/h2-3,6,10,15H,4-5H2,1H3,(H,16,17). The Hall–Kier alpha value is -1.10. The van der Waals surface area contributed by atoms with Gasteiger partial charge in [0.15, 0.2) is 5.78 Å². The lowest BCUT2D eigenvalue weighted by Gasteiger charge is -2.14. The van der Waals surface area contributed by atoms with Crippen LogP contribution in [-0.4, -0.2) is 29.9 Å². The molecule has 0 saturated heterocycles. The summed E-state index contributed by atoms with van der Waals surface area (Å²) in [5.41, 5.74) is 0.411. The highest BCUT2D eigenvalue weighted by atomic mass is 35.5. The Morgan fingerprint density at radius 3 is 2.50 bits per heavy atom. The third-order valence-corrected chi connectivity index (χ3v) is 3.25. The number of hydrogen-bond acceptors (Lipinski definition) is 3. The van der Waals surface area contributed by atoms with Gasteiger partial charge < -0.3 is 10.4 Å². The maximum absolute atomic E-state index is 12.1. The number of carbonyl (C=O) groups is 2. The minimum absolute atomic E-state index is 0.0709. The van der Waals surface area contributed by atoms with E-state index < -0.39 is 12.0 Å². The maximum Gasteiger partial charge on any atom is 0.303 e. The van der Waals surface area contributed by atoms with Gasteiger partial charge in [0.2, 0.25) is 0 Å². The number of benzene rings is 1. The molecule has 0 bridgehead atoms. The van der Waals surface area contributed by atoms with Gasteiger partial charge in [0.1, 0.15) is 0 Å². The van der Waals surface area contributed by atoms with Crippen LogP contribution in [0.3, 0.4) is 0 Å². The van der Waals surface area contributed by atoms with E-state index >= 15 is 0 Å². The zero-order valence-corrected chi connectivity index (χ0v) is 11.3. The van der Waals surface area contributed by atoms with Gasteiger partial charge in [0.25, 0.3) is 0 Å². The summed E-state index contributed by atoms with van der Waals surface area (Å²) in [6, 6.07) is 4.05. The summed E-state index contributed by atoms with van der Waals surface area (Å²) in [6.07, 6.45) is 0.156. The molecule has 1 aromatic carbocycles. The molecule has 0 aliphatic carbocycles. The Bertz CT molecular complexity index is 463. The van der Waals surface area contributed by atoms with E-state index in [1.165, 1.54) is 6.07 Å². The topological polar surface area (TPSA) is 66.4 Å². The number of carboxylic acids is 1. The minimum Gasteiger partial charge on any atom is -0.481 e. The maximum atomic E-state index is 12.1. The van der Waals surface area contributed by atoms with Crippen LogP contribution in [-0.2, 0) is 4.79 Å². The van der Waals surface area contributed by atoms with Crippen LogP contribution in [0, 0.1) is 0 Å². The van der Waals surface area contributed by atoms with Gasteiger partial charge in [-0.15, -0.1) is 0 Å². The highest BCUT2D eigenvalue weighted by molar-refractivity contribution is 6.42. The first-order valence-corrected chi connectivity index (χ1v) is 6.09. The molecule has 18 heavy (non-hydrogen) atoms. The molecule has 1 unspecified atom stereocenters. The number of carbonyl (C=O) groups excluding carboxylic acids is 1. The smallest absolute Gasteiger partial charge is 0.303 e. The van der Waals surface area contributed by atoms with Crippen molar-refractivity contribution in [2.24, 2.45) is 0 Å². The molecule has 98 valence electrons.